The molecule has 3 nitrogen and oxygen atoms in total. The third-order valence-corrected chi connectivity index (χ3v) is 2.60. The number of rotatable bonds is 3. The van der Waals surface area contributed by atoms with Gasteiger partial charge in [-0.25, -0.2) is 0 Å². The van der Waals surface area contributed by atoms with Gasteiger partial charge in [0.2, 0.25) is 0 Å². The molecule has 0 saturated carbocycles. The summed E-state index contributed by atoms with van der Waals surface area (Å²) >= 11 is 0. The van der Waals surface area contributed by atoms with Crippen LogP contribution >= 0.6 is 0 Å². The molecule has 0 radical (unpaired) electrons. The van der Waals surface area contributed by atoms with Crippen molar-refractivity contribution in [3.63, 3.8) is 0 Å². The zero-order valence-electron chi connectivity index (χ0n) is 9.59. The van der Waals surface area contributed by atoms with Crippen LogP contribution < -0.4 is 5.56 Å². The van der Waals surface area contributed by atoms with Crippen LogP contribution in [-0.2, 0) is 6.54 Å². The minimum atomic E-state index is -0.233. The molecule has 0 bridgehead atoms. The van der Waals surface area contributed by atoms with Gasteiger partial charge in [-0.2, -0.15) is 0 Å². The first-order valence-corrected chi connectivity index (χ1v) is 5.43. The lowest BCUT2D eigenvalue weighted by Crippen LogP contribution is -2.25. The van der Waals surface area contributed by atoms with Gasteiger partial charge in [0.1, 0.15) is 0 Å². The lowest BCUT2D eigenvalue weighted by atomic mass is 10.2. The van der Waals surface area contributed by atoms with Gasteiger partial charge in [-0.05, 0) is 24.6 Å². The number of hydrogen-bond donors (Lipinski definition) is 0. The second-order valence-corrected chi connectivity index (χ2v) is 3.90. The topological polar surface area (TPSA) is 39.1 Å². The molecule has 0 amide bonds. The van der Waals surface area contributed by atoms with E-state index in [0.29, 0.717) is 6.54 Å². The van der Waals surface area contributed by atoms with E-state index >= 15 is 0 Å². The quantitative estimate of drug-likeness (QED) is 0.753. The van der Waals surface area contributed by atoms with E-state index in [2.05, 4.69) is 0 Å². The number of hydrogen-bond acceptors (Lipinski definition) is 2. The van der Waals surface area contributed by atoms with E-state index in [4.69, 9.17) is 0 Å². The van der Waals surface area contributed by atoms with Gasteiger partial charge >= 0.3 is 0 Å². The Morgan fingerprint density at radius 2 is 1.82 bits per heavy atom. The molecule has 3 heteroatoms. The number of aromatic nitrogens is 1. The largest absolute Gasteiger partial charge is 0.310 e. The van der Waals surface area contributed by atoms with E-state index in [1.165, 1.54) is 6.92 Å². The Hall–Kier alpha value is -2.16. The number of ketones is 1. The first-order valence-electron chi connectivity index (χ1n) is 5.43. The van der Waals surface area contributed by atoms with E-state index in [1.54, 1.807) is 22.9 Å². The average molecular weight is 227 g/mol. The molecule has 0 N–H and O–H groups in total. The van der Waals surface area contributed by atoms with Crippen LogP contribution in [0.4, 0.5) is 0 Å². The average Bonchev–Trinajstić information content (AvgIpc) is 2.33. The third kappa shape index (κ3) is 2.50. The second-order valence-electron chi connectivity index (χ2n) is 3.90. The fourth-order valence-corrected chi connectivity index (χ4v) is 1.71. The van der Waals surface area contributed by atoms with Crippen LogP contribution in [0.25, 0.3) is 0 Å². The molecule has 1 aromatic heterocycles. The second kappa shape index (κ2) is 4.78. The maximum Gasteiger partial charge on any atom is 0.261 e. The molecule has 0 aliphatic heterocycles. The highest BCUT2D eigenvalue weighted by atomic mass is 16.1. The van der Waals surface area contributed by atoms with Gasteiger partial charge in [-0.3, -0.25) is 9.59 Å². The van der Waals surface area contributed by atoms with Crippen molar-refractivity contribution in [1.29, 1.82) is 0 Å². The van der Waals surface area contributed by atoms with Gasteiger partial charge in [0.25, 0.3) is 5.56 Å². The molecule has 0 aliphatic rings. The fraction of sp³-hybridized carbons (Fsp3) is 0.143. The molecular formula is C14H13NO2. The number of benzene rings is 1. The summed E-state index contributed by atoms with van der Waals surface area (Å²) in [5.74, 6) is -0.197. The first-order chi connectivity index (χ1) is 8.18. The van der Waals surface area contributed by atoms with E-state index in [-0.39, 0.29) is 16.9 Å². The smallest absolute Gasteiger partial charge is 0.261 e. The lowest BCUT2D eigenvalue weighted by molar-refractivity contribution is 0.101. The molecule has 17 heavy (non-hydrogen) atoms. The Bertz CT molecular complexity index is 585. The normalized spacial score (nSPS) is 10.2. The minimum Gasteiger partial charge on any atom is -0.310 e. The van der Waals surface area contributed by atoms with Crippen LogP contribution in [-0.4, -0.2) is 10.4 Å². The predicted octanol–water partition coefficient (Wildman–Crippen LogP) is 2.10. The van der Waals surface area contributed by atoms with Crippen molar-refractivity contribution in [3.8, 4) is 0 Å². The zero-order chi connectivity index (χ0) is 12.3. The Balaban J connectivity index is 2.38. The van der Waals surface area contributed by atoms with Gasteiger partial charge in [0, 0.05) is 6.20 Å². The number of carbonyl (C=O) groups excluding carboxylic acids is 1. The predicted molar refractivity (Wildman–Crippen MR) is 66.3 cm³/mol. The summed E-state index contributed by atoms with van der Waals surface area (Å²) in [4.78, 5) is 23.2. The molecule has 0 aliphatic carbocycles. The maximum absolute atomic E-state index is 12.0. The maximum atomic E-state index is 12.0. The first kappa shape index (κ1) is 11.3. The number of pyridine rings is 1. The highest BCUT2D eigenvalue weighted by molar-refractivity contribution is 5.93. The molecule has 1 heterocycles. The van der Waals surface area contributed by atoms with Crippen LogP contribution in [0, 0.1) is 0 Å². The van der Waals surface area contributed by atoms with Crippen molar-refractivity contribution in [2.45, 2.75) is 13.5 Å². The molecule has 0 saturated heterocycles. The minimum absolute atomic E-state index is 0.197. The SMILES string of the molecule is CC(=O)c1cccn(Cc2ccccc2)c1=O. The fourth-order valence-electron chi connectivity index (χ4n) is 1.71. The molecule has 2 rings (SSSR count). The molecule has 1 aromatic carbocycles. The number of nitrogens with zero attached hydrogens (tertiary/aromatic N) is 1. The van der Waals surface area contributed by atoms with Gasteiger partial charge in [-0.15, -0.1) is 0 Å². The summed E-state index contributed by atoms with van der Waals surface area (Å²) in [6.07, 6.45) is 1.70. The molecule has 0 atom stereocenters. The number of Topliss-reactive ketones (excluding diaryl/α,β-unsaturated/α-hetero) is 1. The molecule has 2 aromatic rings. The molecular weight excluding hydrogens is 214 g/mol. The van der Waals surface area contributed by atoms with Crippen LogP contribution in [0.5, 0.6) is 0 Å². The van der Waals surface area contributed by atoms with Crippen molar-refractivity contribution >= 4 is 5.78 Å². The van der Waals surface area contributed by atoms with E-state index < -0.39 is 0 Å². The standard InChI is InChI=1S/C14H13NO2/c1-11(16)13-8-5-9-15(14(13)17)10-12-6-3-2-4-7-12/h2-9H,10H2,1H3. The Morgan fingerprint density at radius 1 is 1.12 bits per heavy atom. The summed E-state index contributed by atoms with van der Waals surface area (Å²) in [5, 5.41) is 0. The van der Waals surface area contributed by atoms with Crippen LogP contribution in [0.1, 0.15) is 22.8 Å². The molecule has 0 spiro atoms. The van der Waals surface area contributed by atoms with Crippen molar-refractivity contribution < 1.29 is 4.79 Å². The van der Waals surface area contributed by atoms with E-state index in [0.717, 1.165) is 5.56 Å². The highest BCUT2D eigenvalue weighted by Crippen LogP contribution is 2.01. The van der Waals surface area contributed by atoms with Crippen LogP contribution in [0.15, 0.2) is 53.5 Å². The summed E-state index contributed by atoms with van der Waals surface area (Å²) in [5.41, 5.74) is 1.04. The van der Waals surface area contributed by atoms with E-state index in [1.807, 2.05) is 30.3 Å². The van der Waals surface area contributed by atoms with Crippen molar-refractivity contribution in [2.24, 2.45) is 0 Å². The van der Waals surface area contributed by atoms with Crippen LogP contribution in [0.3, 0.4) is 0 Å². The van der Waals surface area contributed by atoms with Gasteiger partial charge in [0.15, 0.2) is 5.78 Å². The number of carbonyl (C=O) groups is 1. The third-order valence-electron chi connectivity index (χ3n) is 2.60. The monoisotopic (exact) mass is 227 g/mol. The summed E-state index contributed by atoms with van der Waals surface area (Å²) in [6.45, 7) is 1.89. The van der Waals surface area contributed by atoms with Gasteiger partial charge < -0.3 is 4.57 Å². The molecule has 0 fully saturated rings. The summed E-state index contributed by atoms with van der Waals surface area (Å²) in [6, 6.07) is 13.0. The van der Waals surface area contributed by atoms with E-state index in [9.17, 15) is 9.59 Å². The molecule has 0 unspecified atom stereocenters. The Morgan fingerprint density at radius 3 is 2.47 bits per heavy atom. The highest BCUT2D eigenvalue weighted by Gasteiger charge is 2.07. The molecule has 86 valence electrons. The van der Waals surface area contributed by atoms with Crippen molar-refractivity contribution in [1.82, 2.24) is 4.57 Å². The Labute approximate surface area is 99.3 Å². The van der Waals surface area contributed by atoms with Crippen molar-refractivity contribution in [2.75, 3.05) is 0 Å². The van der Waals surface area contributed by atoms with Gasteiger partial charge in [0.05, 0.1) is 12.1 Å². The Kier molecular flexibility index (Phi) is 3.19. The summed E-state index contributed by atoms with van der Waals surface area (Å²) < 4.78 is 1.55. The summed E-state index contributed by atoms with van der Waals surface area (Å²) in [7, 11) is 0. The van der Waals surface area contributed by atoms with Crippen molar-refractivity contribution in [3.05, 3.63) is 70.1 Å². The van der Waals surface area contributed by atoms with Gasteiger partial charge in [-0.1, -0.05) is 30.3 Å². The lowest BCUT2D eigenvalue weighted by Gasteiger charge is -2.06. The van der Waals surface area contributed by atoms with Crippen LogP contribution in [0.2, 0.25) is 0 Å². The zero-order valence-corrected chi connectivity index (χ0v) is 9.59.